The Morgan fingerprint density at radius 1 is 1.38 bits per heavy atom. The van der Waals surface area contributed by atoms with Gasteiger partial charge in [-0.3, -0.25) is 20.0 Å². The van der Waals surface area contributed by atoms with Crippen LogP contribution in [0.4, 0.5) is 5.95 Å². The van der Waals surface area contributed by atoms with Crippen LogP contribution in [0.5, 0.6) is 0 Å². The van der Waals surface area contributed by atoms with Crippen LogP contribution in [0.2, 0.25) is 0 Å². The van der Waals surface area contributed by atoms with E-state index >= 15 is 0 Å². The Morgan fingerprint density at radius 3 is 2.62 bits per heavy atom. The zero-order valence-corrected chi connectivity index (χ0v) is 8.99. The van der Waals surface area contributed by atoms with Crippen LogP contribution in [0.1, 0.15) is 31.5 Å². The average molecular weight is 226 g/mol. The number of nitrogens with one attached hydrogen (secondary N) is 2. The predicted molar refractivity (Wildman–Crippen MR) is 55.9 cm³/mol. The Kier molecular flexibility index (Phi) is 4.43. The number of H-pyrrole nitrogens is 1. The first kappa shape index (κ1) is 12.2. The number of carboxylic acids is 1. The fraction of sp³-hybridized carbons (Fsp3) is 0.556. The van der Waals surface area contributed by atoms with Gasteiger partial charge >= 0.3 is 5.97 Å². The summed E-state index contributed by atoms with van der Waals surface area (Å²) in [7, 11) is 0. The minimum absolute atomic E-state index is 0.0903. The molecule has 0 bridgehead atoms. The second-order valence-electron chi connectivity index (χ2n) is 3.39. The Hall–Kier alpha value is -1.92. The highest BCUT2D eigenvalue weighted by Crippen LogP contribution is 2.03. The zero-order chi connectivity index (χ0) is 12.0. The third kappa shape index (κ3) is 4.54. The van der Waals surface area contributed by atoms with Gasteiger partial charge in [0.2, 0.25) is 11.9 Å². The molecule has 16 heavy (non-hydrogen) atoms. The quantitative estimate of drug-likeness (QED) is 0.618. The van der Waals surface area contributed by atoms with Gasteiger partial charge in [-0.1, -0.05) is 0 Å². The van der Waals surface area contributed by atoms with Crippen LogP contribution < -0.4 is 5.32 Å². The molecule has 0 saturated heterocycles. The van der Waals surface area contributed by atoms with Crippen molar-refractivity contribution in [2.75, 3.05) is 5.32 Å². The topological polar surface area (TPSA) is 108 Å². The van der Waals surface area contributed by atoms with E-state index < -0.39 is 5.97 Å². The van der Waals surface area contributed by atoms with Crippen LogP contribution in [-0.2, 0) is 9.59 Å². The van der Waals surface area contributed by atoms with Gasteiger partial charge in [-0.15, -0.1) is 5.10 Å². The van der Waals surface area contributed by atoms with Gasteiger partial charge in [-0.05, 0) is 19.8 Å². The molecular formula is C9H14N4O3. The Morgan fingerprint density at radius 2 is 2.06 bits per heavy atom. The van der Waals surface area contributed by atoms with Gasteiger partial charge in [-0.25, -0.2) is 0 Å². The van der Waals surface area contributed by atoms with E-state index in [1.165, 1.54) is 0 Å². The number of aromatic nitrogens is 3. The van der Waals surface area contributed by atoms with Crippen molar-refractivity contribution < 1.29 is 14.7 Å². The fourth-order valence-electron chi connectivity index (χ4n) is 1.15. The molecule has 0 atom stereocenters. The van der Waals surface area contributed by atoms with Gasteiger partial charge in [0.05, 0.1) is 0 Å². The summed E-state index contributed by atoms with van der Waals surface area (Å²) in [6, 6.07) is 0. The molecule has 7 heteroatoms. The number of anilines is 1. The molecule has 88 valence electrons. The molecule has 0 spiro atoms. The van der Waals surface area contributed by atoms with E-state index in [4.69, 9.17) is 5.11 Å². The normalized spacial score (nSPS) is 10.1. The molecule has 7 nitrogen and oxygen atoms in total. The van der Waals surface area contributed by atoms with E-state index in [2.05, 4.69) is 20.5 Å². The van der Waals surface area contributed by atoms with Crippen LogP contribution in [0.25, 0.3) is 0 Å². The maximum absolute atomic E-state index is 11.3. The molecule has 0 saturated carbocycles. The lowest BCUT2D eigenvalue weighted by atomic mass is 10.2. The number of aromatic amines is 1. The van der Waals surface area contributed by atoms with E-state index in [1.54, 1.807) is 6.92 Å². The van der Waals surface area contributed by atoms with Crippen molar-refractivity contribution in [3.05, 3.63) is 5.82 Å². The van der Waals surface area contributed by atoms with E-state index in [-0.39, 0.29) is 24.7 Å². The van der Waals surface area contributed by atoms with Gasteiger partial charge in [0.1, 0.15) is 5.82 Å². The number of amides is 1. The molecule has 0 aliphatic heterocycles. The minimum Gasteiger partial charge on any atom is -0.481 e. The molecule has 1 heterocycles. The molecule has 1 rings (SSSR count). The lowest BCUT2D eigenvalue weighted by Gasteiger charge is -1.99. The Bertz CT molecular complexity index is 375. The second-order valence-corrected chi connectivity index (χ2v) is 3.39. The van der Waals surface area contributed by atoms with Gasteiger partial charge in [0.25, 0.3) is 0 Å². The summed E-state index contributed by atoms with van der Waals surface area (Å²) >= 11 is 0. The van der Waals surface area contributed by atoms with Crippen LogP contribution in [0.3, 0.4) is 0 Å². The summed E-state index contributed by atoms with van der Waals surface area (Å²) in [5.74, 6) is -0.170. The van der Waals surface area contributed by atoms with Crippen molar-refractivity contribution in [2.24, 2.45) is 0 Å². The van der Waals surface area contributed by atoms with Gasteiger partial charge < -0.3 is 5.11 Å². The number of unbranched alkanes of at least 4 members (excludes halogenated alkanes) is 1. The van der Waals surface area contributed by atoms with E-state index in [0.717, 1.165) is 0 Å². The van der Waals surface area contributed by atoms with Crippen molar-refractivity contribution in [3.8, 4) is 0 Å². The van der Waals surface area contributed by atoms with Crippen LogP contribution in [0.15, 0.2) is 0 Å². The van der Waals surface area contributed by atoms with Crippen molar-refractivity contribution in [1.82, 2.24) is 15.2 Å². The number of aliphatic carboxylic acids is 1. The highest BCUT2D eigenvalue weighted by atomic mass is 16.4. The number of carbonyl (C=O) groups excluding carboxylic acids is 1. The first-order valence-corrected chi connectivity index (χ1v) is 4.98. The maximum Gasteiger partial charge on any atom is 0.303 e. The smallest absolute Gasteiger partial charge is 0.303 e. The summed E-state index contributed by atoms with van der Waals surface area (Å²) in [5, 5.41) is 17.3. The maximum atomic E-state index is 11.3. The lowest BCUT2D eigenvalue weighted by Crippen LogP contribution is -2.12. The molecule has 0 aromatic carbocycles. The fourth-order valence-corrected chi connectivity index (χ4v) is 1.15. The van der Waals surface area contributed by atoms with E-state index in [0.29, 0.717) is 18.7 Å². The second kappa shape index (κ2) is 5.84. The molecule has 0 aliphatic carbocycles. The molecule has 1 amide bonds. The van der Waals surface area contributed by atoms with Crippen molar-refractivity contribution >= 4 is 17.8 Å². The standard InChI is InChI=1S/C9H14N4O3/c1-6-10-9(13-12-6)11-7(14)4-2-3-5-8(15)16/h2-5H2,1H3,(H,15,16)(H2,10,11,12,13,14). The van der Waals surface area contributed by atoms with Crippen molar-refractivity contribution in [2.45, 2.75) is 32.6 Å². The molecule has 1 aromatic heterocycles. The summed E-state index contributed by atoms with van der Waals surface area (Å²) in [4.78, 5) is 25.4. The summed E-state index contributed by atoms with van der Waals surface area (Å²) in [6.45, 7) is 1.73. The summed E-state index contributed by atoms with van der Waals surface area (Å²) in [5.41, 5.74) is 0. The van der Waals surface area contributed by atoms with Gasteiger partial charge in [0.15, 0.2) is 0 Å². The van der Waals surface area contributed by atoms with Crippen molar-refractivity contribution in [3.63, 3.8) is 0 Å². The van der Waals surface area contributed by atoms with Crippen molar-refractivity contribution in [1.29, 1.82) is 0 Å². The number of aryl methyl sites for hydroxylation is 1. The third-order valence-corrected chi connectivity index (χ3v) is 1.89. The first-order valence-electron chi connectivity index (χ1n) is 4.98. The van der Waals surface area contributed by atoms with Gasteiger partial charge in [0, 0.05) is 12.8 Å². The SMILES string of the molecule is Cc1nc(NC(=O)CCCCC(=O)O)n[nH]1. The number of hydrogen-bond acceptors (Lipinski definition) is 4. The summed E-state index contributed by atoms with van der Waals surface area (Å²) < 4.78 is 0. The van der Waals surface area contributed by atoms with Crippen LogP contribution in [0, 0.1) is 6.92 Å². The van der Waals surface area contributed by atoms with Crippen LogP contribution in [-0.4, -0.2) is 32.2 Å². The average Bonchev–Trinajstić information content (AvgIpc) is 2.58. The Labute approximate surface area is 92.3 Å². The first-order chi connectivity index (χ1) is 7.58. The number of carbonyl (C=O) groups is 2. The lowest BCUT2D eigenvalue weighted by molar-refractivity contribution is -0.137. The molecule has 0 radical (unpaired) electrons. The van der Waals surface area contributed by atoms with E-state index in [9.17, 15) is 9.59 Å². The van der Waals surface area contributed by atoms with E-state index in [1.807, 2.05) is 0 Å². The number of rotatable bonds is 6. The highest BCUT2D eigenvalue weighted by molar-refractivity contribution is 5.88. The number of hydrogen-bond donors (Lipinski definition) is 3. The van der Waals surface area contributed by atoms with Crippen LogP contribution >= 0.6 is 0 Å². The Balaban J connectivity index is 2.18. The molecule has 0 fully saturated rings. The molecule has 3 N–H and O–H groups in total. The third-order valence-electron chi connectivity index (χ3n) is 1.89. The molecule has 0 aliphatic rings. The monoisotopic (exact) mass is 226 g/mol. The highest BCUT2D eigenvalue weighted by Gasteiger charge is 2.06. The van der Waals surface area contributed by atoms with Gasteiger partial charge in [-0.2, -0.15) is 4.98 Å². The largest absolute Gasteiger partial charge is 0.481 e. The number of nitrogens with zero attached hydrogens (tertiary/aromatic N) is 2. The zero-order valence-electron chi connectivity index (χ0n) is 8.99. The molecule has 1 aromatic rings. The molecule has 0 unspecified atom stereocenters. The minimum atomic E-state index is -0.843. The summed E-state index contributed by atoms with van der Waals surface area (Å²) in [6.07, 6.45) is 1.41. The predicted octanol–water partition coefficient (Wildman–Crippen LogP) is 0.697. The number of carboxylic acid groups (broad SMARTS) is 1. The molecular weight excluding hydrogens is 212 g/mol.